The maximum Gasteiger partial charge on any atom is 0.128 e. The Labute approximate surface area is 77.0 Å². The van der Waals surface area contributed by atoms with Crippen molar-refractivity contribution < 1.29 is 14.2 Å². The average Bonchev–Trinajstić information content (AvgIpc) is 2.07. The molecule has 0 saturated carbocycles. The van der Waals surface area contributed by atoms with Gasteiger partial charge in [-0.25, -0.2) is 4.39 Å². The Balaban J connectivity index is 2.86. The second kappa shape index (κ2) is 4.23. The average molecular weight is 184 g/mol. The van der Waals surface area contributed by atoms with Crippen LogP contribution in [0.25, 0.3) is 0 Å². The Kier molecular flexibility index (Phi) is 3.25. The predicted molar refractivity (Wildman–Crippen MR) is 48.1 cm³/mol. The molecule has 0 unspecified atom stereocenters. The van der Waals surface area contributed by atoms with E-state index >= 15 is 0 Å². The summed E-state index contributed by atoms with van der Waals surface area (Å²) in [6.07, 6.45) is 0.0528. The van der Waals surface area contributed by atoms with Crippen LogP contribution in [0.2, 0.25) is 0 Å². The Morgan fingerprint density at radius 2 is 2.15 bits per heavy atom. The SMILES string of the molecule is CC(C)Oc1ccc(F)c(CO)c1. The van der Waals surface area contributed by atoms with Crippen LogP contribution in [-0.4, -0.2) is 11.2 Å². The van der Waals surface area contributed by atoms with Crippen molar-refractivity contribution in [2.75, 3.05) is 0 Å². The first-order valence-corrected chi connectivity index (χ1v) is 4.19. The lowest BCUT2D eigenvalue weighted by Crippen LogP contribution is -2.06. The molecule has 0 heterocycles. The van der Waals surface area contributed by atoms with E-state index in [-0.39, 0.29) is 18.3 Å². The summed E-state index contributed by atoms with van der Waals surface area (Å²) in [5.41, 5.74) is 0.262. The van der Waals surface area contributed by atoms with Gasteiger partial charge in [-0.3, -0.25) is 0 Å². The Hall–Kier alpha value is -1.09. The van der Waals surface area contributed by atoms with Crippen LogP contribution < -0.4 is 4.74 Å². The summed E-state index contributed by atoms with van der Waals surface area (Å²) in [7, 11) is 0. The second-order valence-electron chi connectivity index (χ2n) is 3.08. The molecule has 13 heavy (non-hydrogen) atoms. The topological polar surface area (TPSA) is 29.5 Å². The molecule has 0 bridgehead atoms. The molecule has 0 aliphatic heterocycles. The second-order valence-corrected chi connectivity index (χ2v) is 3.08. The van der Waals surface area contributed by atoms with Crippen LogP contribution in [-0.2, 0) is 6.61 Å². The van der Waals surface area contributed by atoms with E-state index in [9.17, 15) is 4.39 Å². The van der Waals surface area contributed by atoms with Gasteiger partial charge in [0.1, 0.15) is 11.6 Å². The first-order chi connectivity index (χ1) is 6.13. The molecule has 0 spiro atoms. The highest BCUT2D eigenvalue weighted by atomic mass is 19.1. The maximum atomic E-state index is 12.9. The first-order valence-electron chi connectivity index (χ1n) is 4.19. The molecule has 0 fully saturated rings. The molecule has 0 amide bonds. The number of aliphatic hydroxyl groups is 1. The first kappa shape index (κ1) is 9.99. The van der Waals surface area contributed by atoms with Gasteiger partial charge >= 0.3 is 0 Å². The van der Waals surface area contributed by atoms with Crippen LogP contribution in [0, 0.1) is 5.82 Å². The van der Waals surface area contributed by atoms with Gasteiger partial charge in [-0.2, -0.15) is 0 Å². The van der Waals surface area contributed by atoms with Crippen molar-refractivity contribution in [3.05, 3.63) is 29.6 Å². The van der Waals surface area contributed by atoms with E-state index in [4.69, 9.17) is 9.84 Å². The number of hydrogen-bond acceptors (Lipinski definition) is 2. The van der Waals surface area contributed by atoms with Crippen molar-refractivity contribution in [3.8, 4) is 5.75 Å². The van der Waals surface area contributed by atoms with E-state index in [0.717, 1.165) is 0 Å². The fourth-order valence-corrected chi connectivity index (χ4v) is 1.02. The summed E-state index contributed by atoms with van der Waals surface area (Å²) in [6.45, 7) is 3.48. The summed E-state index contributed by atoms with van der Waals surface area (Å²) < 4.78 is 18.2. The van der Waals surface area contributed by atoms with Crippen molar-refractivity contribution >= 4 is 0 Å². The van der Waals surface area contributed by atoms with Gasteiger partial charge in [0.2, 0.25) is 0 Å². The van der Waals surface area contributed by atoms with Gasteiger partial charge < -0.3 is 9.84 Å². The standard InChI is InChI=1S/C10H13FO2/c1-7(2)13-9-3-4-10(11)8(5-9)6-12/h3-5,7,12H,6H2,1-2H3. The Morgan fingerprint density at radius 3 is 2.69 bits per heavy atom. The van der Waals surface area contributed by atoms with Gasteiger partial charge in [0.25, 0.3) is 0 Å². The number of ether oxygens (including phenoxy) is 1. The minimum Gasteiger partial charge on any atom is -0.491 e. The van der Waals surface area contributed by atoms with Crippen LogP contribution in [0.3, 0.4) is 0 Å². The Morgan fingerprint density at radius 1 is 1.46 bits per heavy atom. The number of benzene rings is 1. The predicted octanol–water partition coefficient (Wildman–Crippen LogP) is 2.11. The Bertz CT molecular complexity index is 284. The minimum absolute atomic E-state index is 0.0528. The van der Waals surface area contributed by atoms with E-state index in [2.05, 4.69) is 0 Å². The highest BCUT2D eigenvalue weighted by Crippen LogP contribution is 2.17. The third-order valence-electron chi connectivity index (χ3n) is 1.56. The van der Waals surface area contributed by atoms with Gasteiger partial charge in [-0.15, -0.1) is 0 Å². The van der Waals surface area contributed by atoms with E-state index < -0.39 is 5.82 Å². The molecule has 1 aromatic carbocycles. The molecule has 2 nitrogen and oxygen atoms in total. The fourth-order valence-electron chi connectivity index (χ4n) is 1.02. The lowest BCUT2D eigenvalue weighted by Gasteiger charge is -2.10. The monoisotopic (exact) mass is 184 g/mol. The largest absolute Gasteiger partial charge is 0.491 e. The van der Waals surface area contributed by atoms with Crippen molar-refractivity contribution in [3.63, 3.8) is 0 Å². The molecular formula is C10H13FO2. The summed E-state index contributed by atoms with van der Waals surface area (Å²) in [5.74, 6) is 0.180. The summed E-state index contributed by atoms with van der Waals surface area (Å²) >= 11 is 0. The zero-order chi connectivity index (χ0) is 9.84. The molecule has 0 aromatic heterocycles. The number of halogens is 1. The molecule has 0 radical (unpaired) electrons. The molecule has 0 aliphatic carbocycles. The molecular weight excluding hydrogens is 171 g/mol. The van der Waals surface area contributed by atoms with Crippen LogP contribution in [0.1, 0.15) is 19.4 Å². The highest BCUT2D eigenvalue weighted by Gasteiger charge is 2.03. The molecule has 72 valence electrons. The van der Waals surface area contributed by atoms with Crippen LogP contribution >= 0.6 is 0 Å². The maximum absolute atomic E-state index is 12.9. The molecule has 1 N–H and O–H groups in total. The zero-order valence-electron chi connectivity index (χ0n) is 7.75. The molecule has 3 heteroatoms. The van der Waals surface area contributed by atoms with E-state index in [1.807, 2.05) is 13.8 Å². The smallest absolute Gasteiger partial charge is 0.128 e. The molecule has 1 aromatic rings. The third kappa shape index (κ3) is 2.70. The number of aliphatic hydroxyl groups excluding tert-OH is 1. The lowest BCUT2D eigenvalue weighted by molar-refractivity contribution is 0.239. The summed E-state index contributed by atoms with van der Waals surface area (Å²) in [6, 6.07) is 4.35. The van der Waals surface area contributed by atoms with E-state index in [1.54, 1.807) is 6.07 Å². The molecule has 0 saturated heterocycles. The quantitative estimate of drug-likeness (QED) is 0.779. The van der Waals surface area contributed by atoms with Gasteiger partial charge in [0, 0.05) is 5.56 Å². The minimum atomic E-state index is -0.404. The van der Waals surface area contributed by atoms with Gasteiger partial charge in [0.05, 0.1) is 12.7 Å². The fraction of sp³-hybridized carbons (Fsp3) is 0.400. The van der Waals surface area contributed by atoms with E-state index in [1.165, 1.54) is 12.1 Å². The zero-order valence-corrected chi connectivity index (χ0v) is 7.75. The van der Waals surface area contributed by atoms with Crippen molar-refractivity contribution in [2.45, 2.75) is 26.6 Å². The van der Waals surface area contributed by atoms with Crippen LogP contribution in [0.4, 0.5) is 4.39 Å². The third-order valence-corrected chi connectivity index (χ3v) is 1.56. The highest BCUT2D eigenvalue weighted by molar-refractivity contribution is 5.29. The van der Waals surface area contributed by atoms with Crippen molar-refractivity contribution in [2.24, 2.45) is 0 Å². The van der Waals surface area contributed by atoms with Crippen molar-refractivity contribution in [1.82, 2.24) is 0 Å². The molecule has 1 rings (SSSR count). The number of rotatable bonds is 3. The van der Waals surface area contributed by atoms with Crippen LogP contribution in [0.5, 0.6) is 5.75 Å². The van der Waals surface area contributed by atoms with Gasteiger partial charge in [-0.05, 0) is 32.0 Å². The van der Waals surface area contributed by atoms with Crippen LogP contribution in [0.15, 0.2) is 18.2 Å². The van der Waals surface area contributed by atoms with Crippen molar-refractivity contribution in [1.29, 1.82) is 0 Å². The normalized spacial score (nSPS) is 10.5. The van der Waals surface area contributed by atoms with Gasteiger partial charge in [0.15, 0.2) is 0 Å². The summed E-state index contributed by atoms with van der Waals surface area (Å²) in [5, 5.41) is 8.78. The molecule has 0 aliphatic rings. The summed E-state index contributed by atoms with van der Waals surface area (Å²) in [4.78, 5) is 0. The lowest BCUT2D eigenvalue weighted by atomic mass is 10.2. The number of hydrogen-bond donors (Lipinski definition) is 1. The molecule has 0 atom stereocenters. The van der Waals surface area contributed by atoms with E-state index in [0.29, 0.717) is 5.75 Å². The van der Waals surface area contributed by atoms with Gasteiger partial charge in [-0.1, -0.05) is 0 Å².